The molecule has 2 heteroatoms. The summed E-state index contributed by atoms with van der Waals surface area (Å²) in [4.78, 5) is 0. The summed E-state index contributed by atoms with van der Waals surface area (Å²) in [5.74, 6) is 0. The van der Waals surface area contributed by atoms with E-state index in [1.165, 1.54) is 4.46 Å². The van der Waals surface area contributed by atoms with Crippen LogP contribution in [0.5, 0.6) is 0 Å². The molecule has 0 aliphatic carbocycles. The van der Waals surface area contributed by atoms with Crippen molar-refractivity contribution in [2.75, 3.05) is 0 Å². The van der Waals surface area contributed by atoms with Gasteiger partial charge in [0.05, 0.1) is 0 Å². The molecule has 1 radical (unpaired) electrons. The average molecular weight is 180 g/mol. The van der Waals surface area contributed by atoms with E-state index in [-0.39, 0.29) is 29.6 Å². The van der Waals surface area contributed by atoms with Crippen LogP contribution in [0.15, 0.2) is 30.3 Å². The fourth-order valence-corrected chi connectivity index (χ4v) is 0.789. The normalized spacial score (nSPS) is 7.62. The van der Waals surface area contributed by atoms with E-state index in [1.807, 2.05) is 18.2 Å². The van der Waals surface area contributed by atoms with E-state index in [9.17, 15) is 0 Å². The van der Waals surface area contributed by atoms with Gasteiger partial charge in [-0.2, -0.15) is 0 Å². The van der Waals surface area contributed by atoms with Crippen molar-refractivity contribution in [1.82, 2.24) is 0 Å². The van der Waals surface area contributed by atoms with Crippen molar-refractivity contribution in [2.24, 2.45) is 0 Å². The van der Waals surface area contributed by atoms with Crippen LogP contribution in [0, 0.1) is 0 Å². The Bertz CT molecular complexity index is 138. The second-order valence-corrected chi connectivity index (χ2v) is 2.42. The topological polar surface area (TPSA) is 0 Å². The van der Waals surface area contributed by atoms with Gasteiger partial charge in [0.2, 0.25) is 0 Å². The second kappa shape index (κ2) is 4.60. The van der Waals surface area contributed by atoms with Crippen LogP contribution in [0.1, 0.15) is 0 Å². The molecule has 0 bridgehead atoms. The SMILES string of the molecule is [Na].[SeH]c1ccccc1. The van der Waals surface area contributed by atoms with E-state index in [0.717, 1.165) is 0 Å². The molecule has 0 aromatic heterocycles. The third kappa shape index (κ3) is 2.91. The fraction of sp³-hybridized carbons (Fsp3) is 0. The zero-order valence-corrected chi connectivity index (χ0v) is 8.71. The van der Waals surface area contributed by atoms with Crippen molar-refractivity contribution in [3.05, 3.63) is 30.3 Å². The van der Waals surface area contributed by atoms with Gasteiger partial charge in [-0.3, -0.25) is 0 Å². The van der Waals surface area contributed by atoms with Gasteiger partial charge < -0.3 is 0 Å². The van der Waals surface area contributed by atoms with Gasteiger partial charge in [0, 0.05) is 29.6 Å². The first-order chi connectivity index (χ1) is 3.39. The molecule has 0 spiro atoms. The Morgan fingerprint density at radius 3 is 1.75 bits per heavy atom. The van der Waals surface area contributed by atoms with Crippen LogP contribution in [0.2, 0.25) is 0 Å². The van der Waals surface area contributed by atoms with Crippen LogP contribution < -0.4 is 4.46 Å². The van der Waals surface area contributed by atoms with E-state index in [4.69, 9.17) is 0 Å². The van der Waals surface area contributed by atoms with Crippen LogP contribution >= 0.6 is 0 Å². The van der Waals surface area contributed by atoms with Crippen molar-refractivity contribution in [3.8, 4) is 0 Å². The summed E-state index contributed by atoms with van der Waals surface area (Å²) >= 11 is 2.49. The summed E-state index contributed by atoms with van der Waals surface area (Å²) in [6, 6.07) is 10.2. The molecule has 0 nitrogen and oxygen atoms in total. The predicted molar refractivity (Wildman–Crippen MR) is 39.0 cm³/mol. The zero-order valence-electron chi connectivity index (χ0n) is 4.83. The van der Waals surface area contributed by atoms with Gasteiger partial charge in [-0.15, -0.1) is 0 Å². The first-order valence-corrected chi connectivity index (χ1v) is 3.07. The molecule has 0 N–H and O–H groups in total. The monoisotopic (exact) mass is 181 g/mol. The third-order valence-corrected chi connectivity index (χ3v) is 1.38. The van der Waals surface area contributed by atoms with Crippen molar-refractivity contribution in [3.63, 3.8) is 0 Å². The van der Waals surface area contributed by atoms with Gasteiger partial charge in [-0.25, -0.2) is 0 Å². The van der Waals surface area contributed by atoms with Gasteiger partial charge in [0.25, 0.3) is 0 Å². The molecule has 1 aromatic carbocycles. The molecular formula is C6H6NaSe. The summed E-state index contributed by atoms with van der Waals surface area (Å²) in [6.07, 6.45) is 0. The van der Waals surface area contributed by atoms with Crippen LogP contribution in [-0.2, 0) is 0 Å². The third-order valence-electron chi connectivity index (χ3n) is 0.756. The Labute approximate surface area is 79.8 Å². The molecule has 0 atom stereocenters. The fourth-order valence-electron chi connectivity index (χ4n) is 0.428. The molecular weight excluding hydrogens is 174 g/mol. The van der Waals surface area contributed by atoms with Gasteiger partial charge in [-0.1, -0.05) is 0 Å². The van der Waals surface area contributed by atoms with Crippen LogP contribution in [-0.4, -0.2) is 45.6 Å². The van der Waals surface area contributed by atoms with E-state index in [2.05, 4.69) is 28.1 Å². The number of hydrogen-bond donors (Lipinski definition) is 0. The summed E-state index contributed by atoms with van der Waals surface area (Å²) in [7, 11) is 0. The Kier molecular flexibility index (Phi) is 5.03. The Balaban J connectivity index is 0.000000490. The van der Waals surface area contributed by atoms with E-state index in [1.54, 1.807) is 0 Å². The Morgan fingerprint density at radius 2 is 1.50 bits per heavy atom. The molecule has 0 aliphatic heterocycles. The van der Waals surface area contributed by atoms with Crippen molar-refractivity contribution in [2.45, 2.75) is 0 Å². The number of hydrogen-bond acceptors (Lipinski definition) is 0. The second-order valence-electron chi connectivity index (χ2n) is 1.34. The van der Waals surface area contributed by atoms with Crippen molar-refractivity contribution < 1.29 is 0 Å². The molecule has 0 aliphatic rings. The molecule has 0 saturated heterocycles. The quantitative estimate of drug-likeness (QED) is 0.486. The summed E-state index contributed by atoms with van der Waals surface area (Å²) in [5, 5.41) is 0. The summed E-state index contributed by atoms with van der Waals surface area (Å²) in [6.45, 7) is 0. The van der Waals surface area contributed by atoms with Gasteiger partial charge in [0.1, 0.15) is 0 Å². The molecule has 8 heavy (non-hydrogen) atoms. The minimum atomic E-state index is 0. The standard InChI is InChI=1S/C6H6Se.Na/c7-6-4-2-1-3-5-6;/h1-5,7H;. The maximum atomic E-state index is 2.49. The maximum absolute atomic E-state index is 2.49. The van der Waals surface area contributed by atoms with E-state index in [0.29, 0.717) is 0 Å². The predicted octanol–water partition coefficient (Wildman–Crippen LogP) is -0.168. The molecule has 0 saturated carbocycles. The molecule has 1 rings (SSSR count). The Hall–Kier alpha value is 0.739. The van der Waals surface area contributed by atoms with Crippen LogP contribution in [0.4, 0.5) is 0 Å². The molecule has 0 unspecified atom stereocenters. The van der Waals surface area contributed by atoms with Crippen LogP contribution in [0.25, 0.3) is 0 Å². The molecule has 0 heterocycles. The van der Waals surface area contributed by atoms with Crippen molar-refractivity contribution in [1.29, 1.82) is 0 Å². The van der Waals surface area contributed by atoms with E-state index < -0.39 is 0 Å². The summed E-state index contributed by atoms with van der Waals surface area (Å²) < 4.78 is 1.26. The molecule has 0 amide bonds. The Morgan fingerprint density at radius 1 is 1.00 bits per heavy atom. The van der Waals surface area contributed by atoms with E-state index >= 15 is 0 Å². The zero-order chi connectivity index (χ0) is 5.11. The van der Waals surface area contributed by atoms with Gasteiger partial charge in [0.15, 0.2) is 0 Å². The molecule has 0 fully saturated rings. The molecule has 37 valence electrons. The number of rotatable bonds is 0. The van der Waals surface area contributed by atoms with Gasteiger partial charge in [-0.05, 0) is 0 Å². The minimum absolute atomic E-state index is 0. The summed E-state index contributed by atoms with van der Waals surface area (Å²) in [5.41, 5.74) is 0. The first-order valence-electron chi connectivity index (χ1n) is 2.13. The number of benzene rings is 1. The van der Waals surface area contributed by atoms with Gasteiger partial charge >= 0.3 is 50.8 Å². The first kappa shape index (κ1) is 8.74. The van der Waals surface area contributed by atoms with Crippen molar-refractivity contribution >= 4 is 50.0 Å². The molecule has 1 aromatic rings. The van der Waals surface area contributed by atoms with Crippen LogP contribution in [0.3, 0.4) is 0 Å². The average Bonchev–Trinajstić information content (AvgIpc) is 1.69.